The van der Waals surface area contributed by atoms with Crippen LogP contribution in [0, 0.1) is 11.3 Å². The molecule has 1 heteroatoms. The van der Waals surface area contributed by atoms with Crippen molar-refractivity contribution in [2.75, 3.05) is 0 Å². The minimum absolute atomic E-state index is 0.102. The van der Waals surface area contributed by atoms with Crippen LogP contribution in [0.1, 0.15) is 46.5 Å². The van der Waals surface area contributed by atoms with E-state index >= 15 is 0 Å². The first-order valence-electron chi connectivity index (χ1n) is 4.69. The van der Waals surface area contributed by atoms with Crippen molar-refractivity contribution in [3.05, 3.63) is 0 Å². The lowest BCUT2D eigenvalue weighted by atomic mass is 9.71. The number of aliphatic hydroxyl groups is 1. The number of hydrogen-bond donors (Lipinski definition) is 1. The topological polar surface area (TPSA) is 20.2 Å². The molecule has 0 heterocycles. The van der Waals surface area contributed by atoms with Gasteiger partial charge in [-0.1, -0.05) is 20.3 Å². The zero-order valence-corrected chi connectivity index (χ0v) is 7.93. The summed E-state index contributed by atoms with van der Waals surface area (Å²) < 4.78 is 0. The van der Waals surface area contributed by atoms with Crippen molar-refractivity contribution in [3.63, 3.8) is 0 Å². The van der Waals surface area contributed by atoms with Crippen molar-refractivity contribution in [1.82, 2.24) is 0 Å². The molecule has 1 fully saturated rings. The predicted octanol–water partition coefficient (Wildman–Crippen LogP) is 2.58. The third kappa shape index (κ3) is 2.48. The van der Waals surface area contributed by atoms with Gasteiger partial charge in [0.05, 0.1) is 6.10 Å². The molecule has 1 nitrogen and oxygen atoms in total. The average Bonchev–Trinajstić information content (AvgIpc) is 1.85. The summed E-state index contributed by atoms with van der Waals surface area (Å²) in [5, 5.41) is 9.41. The monoisotopic (exact) mass is 156 g/mol. The van der Waals surface area contributed by atoms with E-state index in [0.29, 0.717) is 11.3 Å². The quantitative estimate of drug-likeness (QED) is 0.618. The van der Waals surface area contributed by atoms with Gasteiger partial charge in [0.1, 0.15) is 0 Å². The van der Waals surface area contributed by atoms with Crippen LogP contribution in [0.5, 0.6) is 0 Å². The van der Waals surface area contributed by atoms with Crippen LogP contribution in [-0.4, -0.2) is 11.2 Å². The SMILES string of the molecule is C[C@@H](O)[C@H]1CCCC(C)(C)C1. The lowest BCUT2D eigenvalue weighted by molar-refractivity contribution is 0.0588. The largest absolute Gasteiger partial charge is 0.393 e. The van der Waals surface area contributed by atoms with Gasteiger partial charge in [-0.25, -0.2) is 0 Å². The summed E-state index contributed by atoms with van der Waals surface area (Å²) in [5.41, 5.74) is 0.472. The Bertz CT molecular complexity index is 127. The minimum atomic E-state index is -0.102. The van der Waals surface area contributed by atoms with E-state index in [1.807, 2.05) is 6.92 Å². The molecule has 0 aromatic rings. The van der Waals surface area contributed by atoms with Crippen molar-refractivity contribution in [1.29, 1.82) is 0 Å². The van der Waals surface area contributed by atoms with E-state index in [2.05, 4.69) is 13.8 Å². The van der Waals surface area contributed by atoms with Crippen molar-refractivity contribution in [3.8, 4) is 0 Å². The molecule has 0 radical (unpaired) electrons. The molecule has 2 atom stereocenters. The van der Waals surface area contributed by atoms with E-state index in [9.17, 15) is 5.11 Å². The molecule has 11 heavy (non-hydrogen) atoms. The zero-order valence-electron chi connectivity index (χ0n) is 7.93. The zero-order chi connectivity index (χ0) is 8.48. The maximum atomic E-state index is 9.41. The molecule has 66 valence electrons. The van der Waals surface area contributed by atoms with Crippen LogP contribution in [0.25, 0.3) is 0 Å². The van der Waals surface area contributed by atoms with Gasteiger partial charge in [0.25, 0.3) is 0 Å². The summed E-state index contributed by atoms with van der Waals surface area (Å²) in [5.74, 6) is 0.554. The van der Waals surface area contributed by atoms with Gasteiger partial charge in [0.2, 0.25) is 0 Å². The first-order chi connectivity index (χ1) is 5.01. The van der Waals surface area contributed by atoms with Gasteiger partial charge in [-0.3, -0.25) is 0 Å². The second-order valence-corrected chi connectivity index (χ2v) is 4.76. The lowest BCUT2D eigenvalue weighted by Gasteiger charge is -2.36. The molecule has 1 N–H and O–H groups in total. The lowest BCUT2D eigenvalue weighted by Crippen LogP contribution is -2.28. The Morgan fingerprint density at radius 3 is 2.45 bits per heavy atom. The van der Waals surface area contributed by atoms with Crippen LogP contribution in [0.4, 0.5) is 0 Å². The molecule has 1 aliphatic rings. The molecule has 0 saturated heterocycles. The number of hydrogen-bond acceptors (Lipinski definition) is 1. The third-order valence-corrected chi connectivity index (χ3v) is 2.93. The highest BCUT2D eigenvalue weighted by Crippen LogP contribution is 2.39. The first kappa shape index (κ1) is 9.05. The van der Waals surface area contributed by atoms with E-state index in [4.69, 9.17) is 0 Å². The van der Waals surface area contributed by atoms with Crippen molar-refractivity contribution < 1.29 is 5.11 Å². The Balaban J connectivity index is 2.46. The maximum Gasteiger partial charge on any atom is 0.0540 e. The Morgan fingerprint density at radius 2 is 2.09 bits per heavy atom. The van der Waals surface area contributed by atoms with Crippen LogP contribution >= 0.6 is 0 Å². The Morgan fingerprint density at radius 1 is 1.45 bits per heavy atom. The normalized spacial score (nSPS) is 33.3. The Labute approximate surface area is 69.8 Å². The molecule has 1 saturated carbocycles. The number of aliphatic hydroxyl groups excluding tert-OH is 1. The molecule has 0 spiro atoms. The van der Waals surface area contributed by atoms with Crippen LogP contribution in [0.3, 0.4) is 0 Å². The molecular formula is C10H20O. The van der Waals surface area contributed by atoms with E-state index in [-0.39, 0.29) is 6.10 Å². The Hall–Kier alpha value is -0.0400. The van der Waals surface area contributed by atoms with Gasteiger partial charge in [0, 0.05) is 0 Å². The maximum absolute atomic E-state index is 9.41. The van der Waals surface area contributed by atoms with Gasteiger partial charge in [-0.15, -0.1) is 0 Å². The minimum Gasteiger partial charge on any atom is -0.393 e. The fourth-order valence-corrected chi connectivity index (χ4v) is 2.17. The van der Waals surface area contributed by atoms with Crippen LogP contribution in [-0.2, 0) is 0 Å². The third-order valence-electron chi connectivity index (χ3n) is 2.93. The summed E-state index contributed by atoms with van der Waals surface area (Å²) in [7, 11) is 0. The average molecular weight is 156 g/mol. The predicted molar refractivity (Wildman–Crippen MR) is 47.4 cm³/mol. The van der Waals surface area contributed by atoms with Crippen molar-refractivity contribution in [2.45, 2.75) is 52.6 Å². The van der Waals surface area contributed by atoms with Crippen LogP contribution in [0.2, 0.25) is 0 Å². The smallest absolute Gasteiger partial charge is 0.0540 e. The van der Waals surface area contributed by atoms with E-state index in [0.717, 1.165) is 0 Å². The second kappa shape index (κ2) is 3.14. The fraction of sp³-hybridized carbons (Fsp3) is 1.00. The van der Waals surface area contributed by atoms with Crippen molar-refractivity contribution >= 4 is 0 Å². The molecule has 0 aromatic heterocycles. The molecule has 0 unspecified atom stereocenters. The summed E-state index contributed by atoms with van der Waals surface area (Å²) in [6.07, 6.45) is 4.94. The van der Waals surface area contributed by atoms with Gasteiger partial charge >= 0.3 is 0 Å². The van der Waals surface area contributed by atoms with Crippen molar-refractivity contribution in [2.24, 2.45) is 11.3 Å². The molecule has 1 aliphatic carbocycles. The van der Waals surface area contributed by atoms with Crippen LogP contribution in [0.15, 0.2) is 0 Å². The molecule has 0 bridgehead atoms. The Kier molecular flexibility index (Phi) is 2.58. The van der Waals surface area contributed by atoms with E-state index in [1.54, 1.807) is 0 Å². The van der Waals surface area contributed by atoms with Crippen LogP contribution < -0.4 is 0 Å². The molecule has 0 amide bonds. The summed E-state index contributed by atoms with van der Waals surface area (Å²) >= 11 is 0. The van der Waals surface area contributed by atoms with Gasteiger partial charge < -0.3 is 5.11 Å². The molecule has 0 aromatic carbocycles. The van der Waals surface area contributed by atoms with Gasteiger partial charge in [-0.05, 0) is 37.5 Å². The first-order valence-corrected chi connectivity index (χ1v) is 4.69. The fourth-order valence-electron chi connectivity index (χ4n) is 2.17. The summed E-state index contributed by atoms with van der Waals surface area (Å²) in [6, 6.07) is 0. The van der Waals surface area contributed by atoms with E-state index < -0.39 is 0 Å². The molecule has 0 aliphatic heterocycles. The summed E-state index contributed by atoms with van der Waals surface area (Å²) in [4.78, 5) is 0. The van der Waals surface area contributed by atoms with E-state index in [1.165, 1.54) is 25.7 Å². The number of rotatable bonds is 1. The van der Waals surface area contributed by atoms with Gasteiger partial charge in [0.15, 0.2) is 0 Å². The van der Waals surface area contributed by atoms with Gasteiger partial charge in [-0.2, -0.15) is 0 Å². The highest BCUT2D eigenvalue weighted by Gasteiger charge is 2.29. The summed E-state index contributed by atoms with van der Waals surface area (Å²) in [6.45, 7) is 6.54. The molecule has 1 rings (SSSR count). The highest BCUT2D eigenvalue weighted by atomic mass is 16.3. The molecular weight excluding hydrogens is 136 g/mol. The highest BCUT2D eigenvalue weighted by molar-refractivity contribution is 4.81. The standard InChI is InChI=1S/C10H20O/c1-8(11)9-5-4-6-10(2,3)7-9/h8-9,11H,4-7H2,1-3H3/t8-,9+/m1/s1. The second-order valence-electron chi connectivity index (χ2n) is 4.76.